The van der Waals surface area contributed by atoms with Gasteiger partial charge in [0.15, 0.2) is 0 Å². The molecule has 0 unspecified atom stereocenters. The van der Waals surface area contributed by atoms with E-state index in [2.05, 4.69) is 15.3 Å². The molecule has 2 rings (SSSR count). The zero-order chi connectivity index (χ0) is 13.0. The van der Waals surface area contributed by atoms with E-state index in [-0.39, 0.29) is 5.91 Å². The molecule has 2 aromatic heterocycles. The molecule has 0 aromatic carbocycles. The summed E-state index contributed by atoms with van der Waals surface area (Å²) in [5.41, 5.74) is 1.44. The minimum Gasteiger partial charge on any atom is -0.352 e. The Morgan fingerprint density at radius 1 is 1.56 bits per heavy atom. The van der Waals surface area contributed by atoms with Crippen molar-refractivity contribution in [2.75, 3.05) is 6.54 Å². The van der Waals surface area contributed by atoms with E-state index < -0.39 is 0 Å². The first-order valence-electron chi connectivity index (χ1n) is 5.45. The van der Waals surface area contributed by atoms with E-state index >= 15 is 0 Å². The topological polar surface area (TPSA) is 54.9 Å². The lowest BCUT2D eigenvalue weighted by Gasteiger charge is -2.05. The highest BCUT2D eigenvalue weighted by molar-refractivity contribution is 7.09. The maximum Gasteiger partial charge on any atom is 0.252 e. The number of nitrogens with zero attached hydrogens (tertiary/aromatic N) is 2. The second-order valence-electron chi connectivity index (χ2n) is 3.72. The molecule has 0 aliphatic rings. The van der Waals surface area contributed by atoms with E-state index in [1.54, 1.807) is 23.6 Å². The highest BCUT2D eigenvalue weighted by Crippen LogP contribution is 2.13. The summed E-state index contributed by atoms with van der Waals surface area (Å²) >= 11 is 7.49. The Morgan fingerprint density at radius 2 is 2.39 bits per heavy atom. The molecule has 0 atom stereocenters. The minimum atomic E-state index is -0.186. The maximum atomic E-state index is 11.8. The first kappa shape index (κ1) is 13.0. The van der Waals surface area contributed by atoms with Gasteiger partial charge in [0, 0.05) is 30.7 Å². The average Bonchev–Trinajstić information content (AvgIpc) is 2.75. The molecule has 0 radical (unpaired) electrons. The van der Waals surface area contributed by atoms with E-state index in [1.807, 2.05) is 12.3 Å². The molecule has 6 heteroatoms. The lowest BCUT2D eigenvalue weighted by Crippen LogP contribution is -2.26. The third-order valence-corrected chi connectivity index (χ3v) is 3.47. The standard InChI is InChI=1S/C12H12ClN3OS/c1-8-16-9(7-18-8)2-5-15-12(17)10-3-4-14-6-11(10)13/h3-4,6-7H,2,5H2,1H3,(H,15,17). The number of pyridine rings is 1. The van der Waals surface area contributed by atoms with Gasteiger partial charge in [-0.1, -0.05) is 11.6 Å². The van der Waals surface area contributed by atoms with Crippen LogP contribution in [-0.2, 0) is 6.42 Å². The van der Waals surface area contributed by atoms with Crippen LogP contribution in [-0.4, -0.2) is 22.4 Å². The van der Waals surface area contributed by atoms with Crippen LogP contribution in [0.3, 0.4) is 0 Å². The Morgan fingerprint density at radius 3 is 3.06 bits per heavy atom. The van der Waals surface area contributed by atoms with E-state index in [9.17, 15) is 4.79 Å². The number of carbonyl (C=O) groups excluding carboxylic acids is 1. The van der Waals surface area contributed by atoms with Crippen LogP contribution in [0, 0.1) is 6.92 Å². The fraction of sp³-hybridized carbons (Fsp3) is 0.250. The van der Waals surface area contributed by atoms with Crippen molar-refractivity contribution in [3.05, 3.63) is 45.1 Å². The van der Waals surface area contributed by atoms with E-state index in [1.165, 1.54) is 6.20 Å². The third-order valence-electron chi connectivity index (χ3n) is 2.35. The summed E-state index contributed by atoms with van der Waals surface area (Å²) in [4.78, 5) is 20.0. The van der Waals surface area contributed by atoms with Gasteiger partial charge in [-0.05, 0) is 13.0 Å². The van der Waals surface area contributed by atoms with Gasteiger partial charge >= 0.3 is 0 Å². The van der Waals surface area contributed by atoms with Crippen molar-refractivity contribution in [3.8, 4) is 0 Å². The minimum absolute atomic E-state index is 0.186. The molecular weight excluding hydrogens is 270 g/mol. The summed E-state index contributed by atoms with van der Waals surface area (Å²) in [5, 5.41) is 6.21. The van der Waals surface area contributed by atoms with Gasteiger partial charge in [-0.15, -0.1) is 11.3 Å². The van der Waals surface area contributed by atoms with Crippen molar-refractivity contribution in [2.45, 2.75) is 13.3 Å². The number of amides is 1. The van der Waals surface area contributed by atoms with Gasteiger partial charge in [0.1, 0.15) is 0 Å². The van der Waals surface area contributed by atoms with Crippen LogP contribution in [0.4, 0.5) is 0 Å². The predicted molar refractivity (Wildman–Crippen MR) is 72.1 cm³/mol. The molecule has 2 aromatic rings. The number of aromatic nitrogens is 2. The number of carbonyl (C=O) groups is 1. The van der Waals surface area contributed by atoms with Crippen LogP contribution >= 0.6 is 22.9 Å². The molecule has 1 amide bonds. The first-order valence-corrected chi connectivity index (χ1v) is 6.71. The Bertz CT molecular complexity index is 556. The van der Waals surface area contributed by atoms with Crippen molar-refractivity contribution in [3.63, 3.8) is 0 Å². The van der Waals surface area contributed by atoms with Crippen LogP contribution in [0.5, 0.6) is 0 Å². The number of halogens is 1. The highest BCUT2D eigenvalue weighted by Gasteiger charge is 2.09. The highest BCUT2D eigenvalue weighted by atomic mass is 35.5. The fourth-order valence-electron chi connectivity index (χ4n) is 1.48. The Hall–Kier alpha value is -1.46. The lowest BCUT2D eigenvalue weighted by molar-refractivity contribution is 0.0954. The number of hydrogen-bond donors (Lipinski definition) is 1. The molecule has 0 saturated heterocycles. The summed E-state index contributed by atoms with van der Waals surface area (Å²) < 4.78 is 0. The van der Waals surface area contributed by atoms with Gasteiger partial charge in [0.25, 0.3) is 5.91 Å². The quantitative estimate of drug-likeness (QED) is 0.937. The molecule has 0 spiro atoms. The summed E-state index contributed by atoms with van der Waals surface area (Å²) in [6.07, 6.45) is 3.73. The van der Waals surface area contributed by atoms with Crippen molar-refractivity contribution < 1.29 is 4.79 Å². The Kier molecular flexibility index (Phi) is 4.28. The van der Waals surface area contributed by atoms with Crippen molar-refractivity contribution in [2.24, 2.45) is 0 Å². The van der Waals surface area contributed by atoms with Gasteiger partial charge < -0.3 is 5.32 Å². The van der Waals surface area contributed by atoms with Crippen molar-refractivity contribution in [1.82, 2.24) is 15.3 Å². The first-order chi connectivity index (χ1) is 8.66. The molecule has 94 valence electrons. The fourth-order valence-corrected chi connectivity index (χ4v) is 2.33. The van der Waals surface area contributed by atoms with Crippen LogP contribution in [0.2, 0.25) is 5.02 Å². The number of aryl methyl sites for hydroxylation is 1. The number of hydrogen-bond acceptors (Lipinski definition) is 4. The zero-order valence-corrected chi connectivity index (χ0v) is 11.4. The average molecular weight is 282 g/mol. The smallest absolute Gasteiger partial charge is 0.252 e. The van der Waals surface area contributed by atoms with Gasteiger partial charge in [-0.2, -0.15) is 0 Å². The van der Waals surface area contributed by atoms with Gasteiger partial charge in [0.2, 0.25) is 0 Å². The van der Waals surface area contributed by atoms with Crippen LogP contribution in [0.15, 0.2) is 23.8 Å². The SMILES string of the molecule is Cc1nc(CCNC(=O)c2ccncc2Cl)cs1. The van der Waals surface area contributed by atoms with Gasteiger partial charge in [-0.3, -0.25) is 9.78 Å². The molecule has 1 N–H and O–H groups in total. The zero-order valence-electron chi connectivity index (χ0n) is 9.81. The summed E-state index contributed by atoms with van der Waals surface area (Å²) in [5.74, 6) is -0.186. The van der Waals surface area contributed by atoms with Crippen LogP contribution in [0.25, 0.3) is 0 Å². The second-order valence-corrected chi connectivity index (χ2v) is 5.19. The molecule has 4 nitrogen and oxygen atoms in total. The molecular formula is C12H12ClN3OS. The predicted octanol–water partition coefficient (Wildman–Crippen LogP) is 2.47. The normalized spacial score (nSPS) is 10.3. The maximum absolute atomic E-state index is 11.8. The number of thiazole rings is 1. The van der Waals surface area contributed by atoms with Crippen molar-refractivity contribution in [1.29, 1.82) is 0 Å². The molecule has 0 fully saturated rings. The summed E-state index contributed by atoms with van der Waals surface area (Å²) in [6.45, 7) is 2.50. The van der Waals surface area contributed by atoms with E-state index in [4.69, 9.17) is 11.6 Å². The van der Waals surface area contributed by atoms with Crippen LogP contribution < -0.4 is 5.32 Å². The van der Waals surface area contributed by atoms with Crippen molar-refractivity contribution >= 4 is 28.8 Å². The lowest BCUT2D eigenvalue weighted by atomic mass is 10.2. The monoisotopic (exact) mass is 281 g/mol. The largest absolute Gasteiger partial charge is 0.352 e. The second kappa shape index (κ2) is 5.93. The number of rotatable bonds is 4. The van der Waals surface area contributed by atoms with Crippen LogP contribution in [0.1, 0.15) is 21.1 Å². The Labute approximate surface area is 114 Å². The Balaban J connectivity index is 1.87. The number of nitrogens with one attached hydrogen (secondary N) is 1. The molecule has 0 bridgehead atoms. The summed E-state index contributed by atoms with van der Waals surface area (Å²) in [6, 6.07) is 1.60. The van der Waals surface area contributed by atoms with Gasteiger partial charge in [0.05, 0.1) is 21.3 Å². The van der Waals surface area contributed by atoms with E-state index in [0.717, 1.165) is 17.1 Å². The molecule has 0 aliphatic heterocycles. The molecule has 0 saturated carbocycles. The van der Waals surface area contributed by atoms with Gasteiger partial charge in [-0.25, -0.2) is 4.98 Å². The molecule has 0 aliphatic carbocycles. The van der Waals surface area contributed by atoms with E-state index in [0.29, 0.717) is 17.1 Å². The summed E-state index contributed by atoms with van der Waals surface area (Å²) in [7, 11) is 0. The molecule has 2 heterocycles. The third kappa shape index (κ3) is 3.27. The molecule has 18 heavy (non-hydrogen) atoms.